The van der Waals surface area contributed by atoms with Gasteiger partial charge >= 0.3 is 11.4 Å². The maximum atomic E-state index is 12.4. The summed E-state index contributed by atoms with van der Waals surface area (Å²) in [4.78, 5) is 20.8. The van der Waals surface area contributed by atoms with E-state index in [2.05, 4.69) is 4.72 Å². The van der Waals surface area contributed by atoms with Gasteiger partial charge in [-0.25, -0.2) is 13.1 Å². The first kappa shape index (κ1) is 21.3. The van der Waals surface area contributed by atoms with Gasteiger partial charge in [-0.1, -0.05) is 6.07 Å². The van der Waals surface area contributed by atoms with E-state index in [0.717, 1.165) is 18.2 Å². The third-order valence-corrected chi connectivity index (χ3v) is 5.16. The molecule has 1 N–H and O–H groups in total. The Bertz CT molecular complexity index is 1040. The number of nitro groups is 2. The molecule has 10 nitrogen and oxygen atoms in total. The molecule has 0 atom stereocenters. The molecule has 0 saturated heterocycles. The number of nitrogens with one attached hydrogen (secondary N) is 1. The molecule has 28 heavy (non-hydrogen) atoms. The summed E-state index contributed by atoms with van der Waals surface area (Å²) in [5.74, 6) is -0.506. The monoisotopic (exact) mass is 409 g/mol. The van der Waals surface area contributed by atoms with Gasteiger partial charge in [-0.15, -0.1) is 0 Å². The Morgan fingerprint density at radius 3 is 1.93 bits per heavy atom. The first-order valence-corrected chi connectivity index (χ1v) is 9.54. The molecule has 0 heterocycles. The topological polar surface area (TPSA) is 142 Å². The highest BCUT2D eigenvalue weighted by Gasteiger charge is 2.27. The average molecular weight is 409 g/mol. The van der Waals surface area contributed by atoms with Crippen LogP contribution >= 0.6 is 0 Å². The summed E-state index contributed by atoms with van der Waals surface area (Å²) >= 11 is 0. The number of rotatable bonds is 6. The number of hydrogen-bond donors (Lipinski definition) is 1. The summed E-state index contributed by atoms with van der Waals surface area (Å²) in [6.07, 6.45) is 0. The zero-order valence-electron chi connectivity index (χ0n) is 15.6. The predicted octanol–water partition coefficient (Wildman–Crippen LogP) is 3.68. The van der Waals surface area contributed by atoms with Gasteiger partial charge in [0, 0.05) is 17.7 Å². The molecule has 0 bridgehead atoms. The van der Waals surface area contributed by atoms with Crippen LogP contribution in [0.15, 0.2) is 41.3 Å². The molecule has 0 aromatic heterocycles. The lowest BCUT2D eigenvalue weighted by Crippen LogP contribution is -2.40. The van der Waals surface area contributed by atoms with Crippen molar-refractivity contribution < 1.29 is 23.0 Å². The van der Waals surface area contributed by atoms with Gasteiger partial charge in [0.05, 0.1) is 14.7 Å². The second-order valence-electron chi connectivity index (χ2n) is 7.07. The molecule has 0 amide bonds. The second-order valence-corrected chi connectivity index (χ2v) is 8.75. The van der Waals surface area contributed by atoms with E-state index in [-0.39, 0.29) is 22.1 Å². The summed E-state index contributed by atoms with van der Waals surface area (Å²) in [5.41, 5.74) is -1.17. The zero-order chi connectivity index (χ0) is 21.3. The van der Waals surface area contributed by atoms with E-state index in [1.54, 1.807) is 33.8 Å². The molecule has 2 aromatic rings. The number of hydrogen-bond acceptors (Lipinski definition) is 7. The Kier molecular flexibility index (Phi) is 5.71. The molecule has 0 radical (unpaired) electrons. The summed E-state index contributed by atoms with van der Waals surface area (Å²) in [5, 5.41) is 22.6. The first-order valence-electron chi connectivity index (χ1n) is 8.05. The Morgan fingerprint density at radius 2 is 1.43 bits per heavy atom. The quantitative estimate of drug-likeness (QED) is 0.566. The fourth-order valence-corrected chi connectivity index (χ4v) is 3.77. The normalized spacial score (nSPS) is 11.9. The van der Waals surface area contributed by atoms with Gasteiger partial charge in [-0.2, -0.15) is 0 Å². The lowest BCUT2D eigenvalue weighted by molar-refractivity contribution is -0.387. The first-order chi connectivity index (χ1) is 12.8. The third-order valence-electron chi connectivity index (χ3n) is 3.41. The van der Waals surface area contributed by atoms with Crippen molar-refractivity contribution >= 4 is 21.4 Å². The molecule has 150 valence electrons. The van der Waals surface area contributed by atoms with Crippen LogP contribution in [-0.4, -0.2) is 23.8 Å². The number of nitrogens with zero attached hydrogens (tertiary/aromatic N) is 2. The number of nitro benzene ring substituents is 2. The van der Waals surface area contributed by atoms with E-state index >= 15 is 0 Å². The largest absolute Gasteiger partial charge is 0.443 e. The van der Waals surface area contributed by atoms with Crippen molar-refractivity contribution in [2.75, 3.05) is 0 Å². The average Bonchev–Trinajstić information content (AvgIpc) is 2.54. The molecule has 0 aliphatic carbocycles. The minimum absolute atomic E-state index is 0.192. The summed E-state index contributed by atoms with van der Waals surface area (Å²) < 4.78 is 32.6. The van der Waals surface area contributed by atoms with E-state index in [1.165, 1.54) is 12.1 Å². The molecule has 2 aromatic carbocycles. The molecule has 0 saturated carbocycles. The van der Waals surface area contributed by atoms with E-state index in [4.69, 9.17) is 4.74 Å². The number of aryl methyl sites for hydroxylation is 1. The van der Waals surface area contributed by atoms with Gasteiger partial charge in [-0.05, 0) is 51.5 Å². The second kappa shape index (κ2) is 7.52. The summed E-state index contributed by atoms with van der Waals surface area (Å²) in [7, 11) is -4.01. The van der Waals surface area contributed by atoms with Crippen molar-refractivity contribution in [3.05, 3.63) is 62.2 Å². The highest BCUT2D eigenvalue weighted by Crippen LogP contribution is 2.37. The maximum absolute atomic E-state index is 12.4. The van der Waals surface area contributed by atoms with Crippen LogP contribution in [0.4, 0.5) is 11.4 Å². The maximum Gasteiger partial charge on any atom is 0.312 e. The van der Waals surface area contributed by atoms with Gasteiger partial charge in [0.25, 0.3) is 0 Å². The molecule has 0 fully saturated rings. The molecule has 0 unspecified atom stereocenters. The molecule has 0 spiro atoms. The van der Waals surface area contributed by atoms with Crippen LogP contribution in [-0.2, 0) is 10.0 Å². The minimum atomic E-state index is -4.01. The van der Waals surface area contributed by atoms with Gasteiger partial charge in [0.1, 0.15) is 0 Å². The van der Waals surface area contributed by atoms with Crippen LogP contribution < -0.4 is 9.46 Å². The Labute approximate surface area is 161 Å². The van der Waals surface area contributed by atoms with Crippen LogP contribution in [0.2, 0.25) is 0 Å². The molecule has 0 aliphatic heterocycles. The van der Waals surface area contributed by atoms with E-state index < -0.39 is 31.1 Å². The van der Waals surface area contributed by atoms with E-state index in [9.17, 15) is 28.6 Å². The van der Waals surface area contributed by atoms with Crippen molar-refractivity contribution in [1.82, 2.24) is 4.72 Å². The van der Waals surface area contributed by atoms with Gasteiger partial charge in [0.2, 0.25) is 21.5 Å². The van der Waals surface area contributed by atoms with Gasteiger partial charge in [0.15, 0.2) is 0 Å². The van der Waals surface area contributed by atoms with Gasteiger partial charge < -0.3 is 4.74 Å². The molecule has 11 heteroatoms. The van der Waals surface area contributed by atoms with Crippen LogP contribution in [0.25, 0.3) is 0 Å². The highest BCUT2D eigenvalue weighted by molar-refractivity contribution is 7.89. The Balaban J connectivity index is 2.51. The highest BCUT2D eigenvalue weighted by atomic mass is 32.2. The van der Waals surface area contributed by atoms with E-state index in [1.807, 2.05) is 0 Å². The summed E-state index contributed by atoms with van der Waals surface area (Å²) in [6, 6.07) is 7.23. The Morgan fingerprint density at radius 1 is 0.929 bits per heavy atom. The SMILES string of the molecule is Cc1ccc(Oc2ccc(S(=O)(=O)NC(C)(C)C)cc2[N+](=O)[O-])c([N+](=O)[O-])c1. The van der Waals surface area contributed by atoms with Gasteiger partial charge in [-0.3, -0.25) is 20.2 Å². The van der Waals surface area contributed by atoms with Crippen molar-refractivity contribution in [2.45, 2.75) is 38.1 Å². The van der Waals surface area contributed by atoms with Crippen LogP contribution in [0, 0.1) is 27.2 Å². The van der Waals surface area contributed by atoms with Crippen molar-refractivity contribution in [3.8, 4) is 11.5 Å². The Hall–Kier alpha value is -3.05. The molecular weight excluding hydrogens is 390 g/mol. The summed E-state index contributed by atoms with van der Waals surface area (Å²) in [6.45, 7) is 6.55. The predicted molar refractivity (Wildman–Crippen MR) is 101 cm³/mol. The smallest absolute Gasteiger partial charge is 0.312 e. The van der Waals surface area contributed by atoms with Crippen molar-refractivity contribution in [3.63, 3.8) is 0 Å². The fraction of sp³-hybridized carbons (Fsp3) is 0.294. The van der Waals surface area contributed by atoms with Crippen molar-refractivity contribution in [1.29, 1.82) is 0 Å². The van der Waals surface area contributed by atoms with Crippen LogP contribution in [0.3, 0.4) is 0 Å². The minimum Gasteiger partial charge on any atom is -0.443 e. The third kappa shape index (κ3) is 5.02. The lowest BCUT2D eigenvalue weighted by atomic mass is 10.1. The number of ether oxygens (including phenoxy) is 1. The van der Waals surface area contributed by atoms with Crippen LogP contribution in [0.5, 0.6) is 11.5 Å². The van der Waals surface area contributed by atoms with Crippen molar-refractivity contribution in [2.24, 2.45) is 0 Å². The lowest BCUT2D eigenvalue weighted by Gasteiger charge is -2.20. The number of benzene rings is 2. The van der Waals surface area contributed by atoms with E-state index in [0.29, 0.717) is 5.56 Å². The molecule has 0 aliphatic rings. The molecule has 2 rings (SSSR count). The zero-order valence-corrected chi connectivity index (χ0v) is 16.4. The van der Waals surface area contributed by atoms with Crippen LogP contribution in [0.1, 0.15) is 26.3 Å². The number of sulfonamides is 1. The molecular formula is C17H19N3O7S. The standard InChI is InChI=1S/C17H19N3O7S/c1-11-5-7-15(13(9-11)19(21)22)27-16-8-6-12(10-14(16)20(23)24)28(25,26)18-17(2,3)4/h5-10,18H,1-4H3. The fourth-order valence-electron chi connectivity index (χ4n) is 2.33.